The Morgan fingerprint density at radius 2 is 1.52 bits per heavy atom. The lowest BCUT2D eigenvalue weighted by Gasteiger charge is -2.23. The van der Waals surface area contributed by atoms with Gasteiger partial charge in [-0.2, -0.15) is 0 Å². The highest BCUT2D eigenvalue weighted by atomic mass is 79.9. The lowest BCUT2D eigenvalue weighted by atomic mass is 10.0. The molecule has 5 heteroatoms. The molecule has 3 aromatic rings. The smallest absolute Gasteiger partial charge is 0.331 e. The summed E-state index contributed by atoms with van der Waals surface area (Å²) in [6, 6.07) is 24.5. The first-order valence-corrected chi connectivity index (χ1v) is 11.3. The van der Waals surface area contributed by atoms with E-state index in [1.165, 1.54) is 0 Å². The summed E-state index contributed by atoms with van der Waals surface area (Å²) in [6.07, 6.45) is 0.360. The summed E-state index contributed by atoms with van der Waals surface area (Å²) < 4.78 is 6.60. The maximum atomic E-state index is 13.2. The van der Waals surface area contributed by atoms with E-state index in [9.17, 15) is 4.79 Å². The van der Waals surface area contributed by atoms with Crippen LogP contribution in [0, 0.1) is 0 Å². The van der Waals surface area contributed by atoms with Crippen molar-refractivity contribution in [3.63, 3.8) is 0 Å². The summed E-state index contributed by atoms with van der Waals surface area (Å²) in [5.74, 6) is -0.372. The number of rotatable bonds is 6. The Hall–Kier alpha value is -2.43. The molecule has 0 saturated heterocycles. The summed E-state index contributed by atoms with van der Waals surface area (Å²) in [5, 5.41) is 0.608. The van der Waals surface area contributed by atoms with E-state index in [1.807, 2.05) is 93.6 Å². The molecule has 0 N–H and O–H groups in total. The lowest BCUT2D eigenvalue weighted by Crippen LogP contribution is -2.33. The standard InChI is InChI=1S/C26H25BrClNO2/c1-26(2,3)31-25(30)23(17-20-16-21(28)14-15-22(20)27)29-24(18-10-6-4-7-11-18)19-12-8-5-9-13-19/h4-16,23H,17H2,1-3H3/t23-/m0/s1. The van der Waals surface area contributed by atoms with E-state index in [1.54, 1.807) is 6.07 Å². The highest BCUT2D eigenvalue weighted by molar-refractivity contribution is 9.10. The van der Waals surface area contributed by atoms with Gasteiger partial charge in [0, 0.05) is 27.0 Å². The fourth-order valence-corrected chi connectivity index (χ4v) is 3.73. The van der Waals surface area contributed by atoms with Crippen molar-refractivity contribution >= 4 is 39.2 Å². The molecule has 3 rings (SSSR count). The van der Waals surface area contributed by atoms with Crippen molar-refractivity contribution in [3.05, 3.63) is 105 Å². The molecule has 0 radical (unpaired) electrons. The van der Waals surface area contributed by atoms with Gasteiger partial charge in [0.1, 0.15) is 5.60 Å². The zero-order valence-corrected chi connectivity index (χ0v) is 20.2. The lowest BCUT2D eigenvalue weighted by molar-refractivity contribution is -0.156. The number of hydrogen-bond acceptors (Lipinski definition) is 3. The minimum absolute atomic E-state index is 0.360. The molecule has 0 amide bonds. The Labute approximate surface area is 197 Å². The van der Waals surface area contributed by atoms with Gasteiger partial charge in [-0.25, -0.2) is 4.79 Å². The van der Waals surface area contributed by atoms with E-state index in [-0.39, 0.29) is 5.97 Å². The molecule has 3 aromatic carbocycles. The molecule has 0 aliphatic heterocycles. The summed E-state index contributed by atoms with van der Waals surface area (Å²) in [6.45, 7) is 5.57. The van der Waals surface area contributed by atoms with Crippen LogP contribution in [-0.4, -0.2) is 23.3 Å². The maximum absolute atomic E-state index is 13.2. The summed E-state index contributed by atoms with van der Waals surface area (Å²) in [7, 11) is 0. The summed E-state index contributed by atoms with van der Waals surface area (Å²) >= 11 is 9.78. The number of nitrogens with zero attached hydrogens (tertiary/aromatic N) is 1. The molecule has 0 bridgehead atoms. The molecule has 1 atom stereocenters. The average molecular weight is 499 g/mol. The number of esters is 1. The van der Waals surface area contributed by atoms with E-state index in [2.05, 4.69) is 15.9 Å². The Balaban J connectivity index is 2.09. The fraction of sp³-hybridized carbons (Fsp3) is 0.231. The van der Waals surface area contributed by atoms with Crippen LogP contribution in [0.1, 0.15) is 37.5 Å². The van der Waals surface area contributed by atoms with Crippen LogP contribution in [0.25, 0.3) is 0 Å². The van der Waals surface area contributed by atoms with Gasteiger partial charge in [-0.15, -0.1) is 0 Å². The van der Waals surface area contributed by atoms with Crippen molar-refractivity contribution in [3.8, 4) is 0 Å². The van der Waals surface area contributed by atoms with Gasteiger partial charge in [-0.1, -0.05) is 88.2 Å². The van der Waals surface area contributed by atoms with Gasteiger partial charge in [0.05, 0.1) is 5.71 Å². The molecule has 0 aliphatic carbocycles. The topological polar surface area (TPSA) is 38.7 Å². The van der Waals surface area contributed by atoms with Crippen molar-refractivity contribution in [1.29, 1.82) is 0 Å². The van der Waals surface area contributed by atoms with E-state index in [0.717, 1.165) is 26.9 Å². The van der Waals surface area contributed by atoms with Crippen LogP contribution in [0.3, 0.4) is 0 Å². The van der Waals surface area contributed by atoms with Crippen LogP contribution >= 0.6 is 27.5 Å². The highest BCUT2D eigenvalue weighted by Gasteiger charge is 2.27. The van der Waals surface area contributed by atoms with Crippen molar-refractivity contribution in [1.82, 2.24) is 0 Å². The highest BCUT2D eigenvalue weighted by Crippen LogP contribution is 2.25. The first-order chi connectivity index (χ1) is 14.7. The molecule has 31 heavy (non-hydrogen) atoms. The van der Waals surface area contributed by atoms with Crippen molar-refractivity contribution in [2.75, 3.05) is 0 Å². The van der Waals surface area contributed by atoms with Gasteiger partial charge in [-0.05, 0) is 44.5 Å². The number of ether oxygens (including phenoxy) is 1. The Morgan fingerprint density at radius 1 is 0.968 bits per heavy atom. The third-order valence-corrected chi connectivity index (χ3v) is 5.49. The van der Waals surface area contributed by atoms with E-state index in [0.29, 0.717) is 11.4 Å². The molecular formula is C26H25BrClNO2. The van der Waals surface area contributed by atoms with E-state index in [4.69, 9.17) is 21.3 Å². The predicted molar refractivity (Wildman–Crippen MR) is 131 cm³/mol. The monoisotopic (exact) mass is 497 g/mol. The van der Waals surface area contributed by atoms with Crippen molar-refractivity contribution in [2.45, 2.75) is 38.8 Å². The molecule has 0 fully saturated rings. The van der Waals surface area contributed by atoms with Crippen LogP contribution < -0.4 is 0 Å². The van der Waals surface area contributed by atoms with Gasteiger partial charge >= 0.3 is 5.97 Å². The molecular weight excluding hydrogens is 474 g/mol. The number of benzene rings is 3. The minimum Gasteiger partial charge on any atom is -0.458 e. The third-order valence-electron chi connectivity index (χ3n) is 4.48. The number of carbonyl (C=O) groups excluding carboxylic acids is 1. The number of halogens is 2. The number of hydrogen-bond donors (Lipinski definition) is 0. The van der Waals surface area contributed by atoms with Gasteiger partial charge < -0.3 is 4.74 Å². The second kappa shape index (κ2) is 10.3. The van der Waals surface area contributed by atoms with Crippen LogP contribution in [0.4, 0.5) is 0 Å². The summed E-state index contributed by atoms with van der Waals surface area (Å²) in [4.78, 5) is 18.1. The first kappa shape index (κ1) is 23.2. The Bertz CT molecular complexity index is 1020. The van der Waals surface area contributed by atoms with Crippen molar-refractivity contribution < 1.29 is 9.53 Å². The average Bonchev–Trinajstić information content (AvgIpc) is 2.73. The van der Waals surface area contributed by atoms with Gasteiger partial charge in [0.2, 0.25) is 0 Å². The molecule has 3 nitrogen and oxygen atoms in total. The van der Waals surface area contributed by atoms with Crippen LogP contribution in [0.15, 0.2) is 88.3 Å². The SMILES string of the molecule is CC(C)(C)OC(=O)[C@H](Cc1cc(Cl)ccc1Br)N=C(c1ccccc1)c1ccccc1. The number of carbonyl (C=O) groups is 1. The zero-order valence-electron chi connectivity index (χ0n) is 17.8. The molecule has 160 valence electrons. The van der Waals surface area contributed by atoms with Crippen molar-refractivity contribution in [2.24, 2.45) is 4.99 Å². The number of aliphatic imine (C=N–C) groups is 1. The zero-order chi connectivity index (χ0) is 22.4. The largest absolute Gasteiger partial charge is 0.458 e. The fourth-order valence-electron chi connectivity index (χ4n) is 3.12. The second-order valence-corrected chi connectivity index (χ2v) is 9.49. The molecule has 0 unspecified atom stereocenters. The molecule has 0 heterocycles. The van der Waals surface area contributed by atoms with Crippen LogP contribution in [-0.2, 0) is 16.0 Å². The Morgan fingerprint density at radius 3 is 2.03 bits per heavy atom. The van der Waals surface area contributed by atoms with E-state index < -0.39 is 11.6 Å². The third kappa shape index (κ3) is 6.78. The maximum Gasteiger partial charge on any atom is 0.331 e. The second-order valence-electron chi connectivity index (χ2n) is 8.20. The molecule has 0 spiro atoms. The normalized spacial score (nSPS) is 12.2. The summed E-state index contributed by atoms with van der Waals surface area (Å²) in [5.41, 5.74) is 2.90. The quantitative estimate of drug-likeness (QED) is 0.274. The predicted octanol–water partition coefficient (Wildman–Crippen LogP) is 6.89. The van der Waals surface area contributed by atoms with Crippen LogP contribution in [0.2, 0.25) is 5.02 Å². The Kier molecular flexibility index (Phi) is 7.69. The minimum atomic E-state index is -0.732. The van der Waals surface area contributed by atoms with E-state index >= 15 is 0 Å². The molecule has 0 aliphatic rings. The molecule has 0 saturated carbocycles. The van der Waals surface area contributed by atoms with Gasteiger partial charge in [0.15, 0.2) is 6.04 Å². The van der Waals surface area contributed by atoms with Crippen LogP contribution in [0.5, 0.6) is 0 Å². The van der Waals surface area contributed by atoms with Gasteiger partial charge in [-0.3, -0.25) is 4.99 Å². The first-order valence-electron chi connectivity index (χ1n) is 10.1. The van der Waals surface area contributed by atoms with Gasteiger partial charge in [0.25, 0.3) is 0 Å². The molecule has 0 aromatic heterocycles.